The minimum absolute atomic E-state index is 0.542. The zero-order valence-electron chi connectivity index (χ0n) is 22.0. The van der Waals surface area contributed by atoms with Crippen molar-refractivity contribution in [3.8, 4) is 45.6 Å². The first kappa shape index (κ1) is 23.2. The summed E-state index contributed by atoms with van der Waals surface area (Å²) in [5.41, 5.74) is 6.10. The molecule has 9 rings (SSSR count). The molecule has 0 radical (unpaired) electrons. The molecule has 198 valence electrons. The monoisotopic (exact) mass is 560 g/mol. The van der Waals surface area contributed by atoms with Crippen molar-refractivity contribution in [2.75, 3.05) is 0 Å². The molecule has 0 unspecified atom stereocenters. The van der Waals surface area contributed by atoms with Crippen molar-refractivity contribution < 1.29 is 4.80 Å². The molecule has 8 bridgehead atoms. The molecule has 9 nitrogen and oxygen atoms in total. The highest BCUT2D eigenvalue weighted by atomic mass is 28.2. The number of aromatic amines is 2. The summed E-state index contributed by atoms with van der Waals surface area (Å²) < 4.78 is 0. The van der Waals surface area contributed by atoms with Crippen LogP contribution in [0.2, 0.25) is 0 Å². The van der Waals surface area contributed by atoms with Crippen molar-refractivity contribution in [2.24, 2.45) is 0 Å². The van der Waals surface area contributed by atoms with Crippen LogP contribution < -0.4 is 5.19 Å². The van der Waals surface area contributed by atoms with E-state index in [0.717, 1.165) is 49.0 Å². The van der Waals surface area contributed by atoms with Gasteiger partial charge < -0.3 is 14.8 Å². The molecule has 10 heteroatoms. The Labute approximate surface area is 240 Å². The molecule has 0 saturated carbocycles. The molecule has 0 spiro atoms. The van der Waals surface area contributed by atoms with Crippen molar-refractivity contribution >= 4 is 59.1 Å². The van der Waals surface area contributed by atoms with E-state index in [-0.39, 0.29) is 0 Å². The van der Waals surface area contributed by atoms with Gasteiger partial charge in [0, 0.05) is 43.8 Å². The third kappa shape index (κ3) is 3.33. The van der Waals surface area contributed by atoms with Crippen molar-refractivity contribution in [1.29, 1.82) is 0 Å². The number of hydrogen-bond acceptors (Lipinski definition) is 7. The van der Waals surface area contributed by atoms with Crippen molar-refractivity contribution in [2.45, 2.75) is 0 Å². The van der Waals surface area contributed by atoms with Gasteiger partial charge in [-0.25, -0.2) is 29.9 Å². The molecule has 0 fully saturated rings. The zero-order valence-corrected chi connectivity index (χ0v) is 23.4. The molecule has 0 amide bonds. The average Bonchev–Trinajstić information content (AvgIpc) is 3.76. The molecule has 0 atom stereocenters. The van der Waals surface area contributed by atoms with E-state index in [1.54, 1.807) is 0 Å². The fraction of sp³-hybridized carbons (Fsp3) is 0. The Hall–Kier alpha value is -5.58. The molecule has 3 aromatic heterocycles. The van der Waals surface area contributed by atoms with Crippen LogP contribution in [0.1, 0.15) is 0 Å². The normalized spacial score (nSPS) is 12.3. The fourth-order valence-electron chi connectivity index (χ4n) is 5.89. The molecule has 7 aromatic rings. The number of benzene rings is 4. The average molecular weight is 561 g/mol. The van der Waals surface area contributed by atoms with Crippen LogP contribution in [-0.4, -0.2) is 54.4 Å². The SMILES string of the molecule is O[SiH2]c1cccc2c3nc4nc(nc5[nH]c(nc6nc(nc([nH]3)c12)-c1ccccc1-6)c1ccccc51)-c1ccccc1-4. The van der Waals surface area contributed by atoms with E-state index in [1.165, 1.54) is 0 Å². The van der Waals surface area contributed by atoms with E-state index in [9.17, 15) is 4.80 Å². The van der Waals surface area contributed by atoms with E-state index in [2.05, 4.69) is 9.97 Å². The standard InChI is InChI=1S/C32H20N8OSi/c41-42-23-15-7-14-22-24(23)32-39-30-21-13-6-5-12-20(21)28(37-30)35-26-17-9-2-1-8-16(17)25(33-26)34-27-18-10-3-4-11-19(18)29(36-27)38-31(22)40-32/h1-15,41H,42H2,(H2,33,34,35,36,37,38,39,40). The van der Waals surface area contributed by atoms with Crippen molar-refractivity contribution in [3.05, 3.63) is 91.0 Å². The molecular formula is C32H20N8OSi. The summed E-state index contributed by atoms with van der Waals surface area (Å²) >= 11 is 0. The van der Waals surface area contributed by atoms with Gasteiger partial charge in [0.15, 0.2) is 33.1 Å². The van der Waals surface area contributed by atoms with Gasteiger partial charge >= 0.3 is 0 Å². The number of hydrogen-bond donors (Lipinski definition) is 3. The minimum Gasteiger partial charge on any atom is -0.433 e. The maximum atomic E-state index is 10.4. The van der Waals surface area contributed by atoms with E-state index in [1.807, 2.05) is 91.0 Å². The Morgan fingerprint density at radius 3 is 1.33 bits per heavy atom. The van der Waals surface area contributed by atoms with Gasteiger partial charge in [-0.05, 0) is 5.19 Å². The summed E-state index contributed by atoms with van der Waals surface area (Å²) in [6.45, 7) is 0. The first-order valence-electron chi connectivity index (χ1n) is 13.6. The molecule has 5 heterocycles. The quantitative estimate of drug-likeness (QED) is 0.251. The van der Waals surface area contributed by atoms with Gasteiger partial charge in [0.05, 0.1) is 0 Å². The summed E-state index contributed by atoms with van der Waals surface area (Å²) in [6.07, 6.45) is 0. The van der Waals surface area contributed by atoms with Crippen LogP contribution in [0.15, 0.2) is 91.0 Å². The summed E-state index contributed by atoms with van der Waals surface area (Å²) in [5.74, 6) is 2.23. The highest BCUT2D eigenvalue weighted by Crippen LogP contribution is 2.36. The second-order valence-corrected chi connectivity index (χ2v) is 11.3. The van der Waals surface area contributed by atoms with E-state index in [0.29, 0.717) is 45.9 Å². The first-order valence-corrected chi connectivity index (χ1v) is 14.9. The number of fused-ring (bicyclic) bond motifs is 20. The van der Waals surface area contributed by atoms with Crippen LogP contribution in [0.25, 0.3) is 89.7 Å². The number of nitrogens with zero attached hydrogens (tertiary/aromatic N) is 6. The van der Waals surface area contributed by atoms with Crippen molar-refractivity contribution in [1.82, 2.24) is 39.9 Å². The second kappa shape index (κ2) is 8.71. The van der Waals surface area contributed by atoms with Gasteiger partial charge in [0.25, 0.3) is 0 Å². The van der Waals surface area contributed by atoms with Crippen molar-refractivity contribution in [3.63, 3.8) is 0 Å². The van der Waals surface area contributed by atoms with Gasteiger partial charge in [-0.2, -0.15) is 0 Å². The van der Waals surface area contributed by atoms with E-state index in [4.69, 9.17) is 29.9 Å². The largest absolute Gasteiger partial charge is 0.433 e. The van der Waals surface area contributed by atoms with Gasteiger partial charge in [-0.1, -0.05) is 91.0 Å². The predicted octanol–water partition coefficient (Wildman–Crippen LogP) is 4.57. The van der Waals surface area contributed by atoms with Crippen LogP contribution in [0, 0.1) is 0 Å². The number of rotatable bonds is 1. The molecule has 42 heavy (non-hydrogen) atoms. The van der Waals surface area contributed by atoms with Gasteiger partial charge in [0.2, 0.25) is 0 Å². The Balaban J connectivity index is 1.52. The lowest BCUT2D eigenvalue weighted by atomic mass is 10.1. The molecule has 3 N–H and O–H groups in total. The molecular weight excluding hydrogens is 540 g/mol. The number of H-pyrrole nitrogens is 2. The zero-order chi connectivity index (χ0) is 27.8. The fourth-order valence-corrected chi connectivity index (χ4v) is 6.65. The third-order valence-electron chi connectivity index (χ3n) is 7.84. The van der Waals surface area contributed by atoms with E-state index < -0.39 is 9.76 Å². The predicted molar refractivity (Wildman–Crippen MR) is 166 cm³/mol. The number of aromatic nitrogens is 8. The third-order valence-corrected chi connectivity index (χ3v) is 8.77. The van der Waals surface area contributed by atoms with Crippen LogP contribution in [0.5, 0.6) is 0 Å². The van der Waals surface area contributed by atoms with Gasteiger partial charge in [-0.15, -0.1) is 0 Å². The maximum Gasteiger partial charge on any atom is 0.188 e. The Morgan fingerprint density at radius 2 is 0.833 bits per heavy atom. The molecule has 2 aliphatic rings. The lowest BCUT2D eigenvalue weighted by Crippen LogP contribution is -2.13. The highest BCUT2D eigenvalue weighted by molar-refractivity contribution is 6.51. The Bertz CT molecular complexity index is 2420. The Kier molecular flexibility index (Phi) is 4.80. The smallest absolute Gasteiger partial charge is 0.188 e. The summed E-state index contributed by atoms with van der Waals surface area (Å²) in [4.78, 5) is 47.2. The summed E-state index contributed by atoms with van der Waals surface area (Å²) in [7, 11) is -1.51. The van der Waals surface area contributed by atoms with Crippen LogP contribution in [0.3, 0.4) is 0 Å². The first-order chi connectivity index (χ1) is 20.7. The summed E-state index contributed by atoms with van der Waals surface area (Å²) in [6, 6.07) is 29.8. The molecule has 0 saturated heterocycles. The number of nitrogens with one attached hydrogen (secondary N) is 2. The topological polar surface area (TPSA) is 129 Å². The molecule has 4 aromatic carbocycles. The summed E-state index contributed by atoms with van der Waals surface area (Å²) in [5, 5.41) is 4.46. The van der Waals surface area contributed by atoms with Crippen LogP contribution >= 0.6 is 0 Å². The second-order valence-electron chi connectivity index (χ2n) is 10.2. The van der Waals surface area contributed by atoms with E-state index >= 15 is 0 Å². The Morgan fingerprint density at radius 1 is 0.429 bits per heavy atom. The minimum atomic E-state index is -1.51. The molecule has 0 aliphatic carbocycles. The highest BCUT2D eigenvalue weighted by Gasteiger charge is 2.22. The lowest BCUT2D eigenvalue weighted by Gasteiger charge is -1.98. The lowest BCUT2D eigenvalue weighted by molar-refractivity contribution is 0.616. The van der Waals surface area contributed by atoms with Crippen LogP contribution in [-0.2, 0) is 0 Å². The van der Waals surface area contributed by atoms with Crippen LogP contribution in [0.4, 0.5) is 0 Å². The molecule has 2 aliphatic heterocycles. The maximum absolute atomic E-state index is 10.4. The van der Waals surface area contributed by atoms with Gasteiger partial charge in [-0.3, -0.25) is 0 Å². The van der Waals surface area contributed by atoms with Gasteiger partial charge in [0.1, 0.15) is 22.6 Å².